The largest absolute Gasteiger partial charge is 0.483 e. The maximum atomic E-state index is 13.7. The molecule has 0 unspecified atom stereocenters. The van der Waals surface area contributed by atoms with Gasteiger partial charge >= 0.3 is 0 Å². The molecule has 0 atom stereocenters. The van der Waals surface area contributed by atoms with Gasteiger partial charge in [0.05, 0.1) is 5.39 Å². The van der Waals surface area contributed by atoms with Crippen molar-refractivity contribution < 1.29 is 9.13 Å². The number of nitrogens with zero attached hydrogens (tertiary/aromatic N) is 1. The number of aryl methyl sites for hydroxylation is 2. The first kappa shape index (κ1) is 15.2. The minimum atomic E-state index is -0.472. The van der Waals surface area contributed by atoms with E-state index in [1.807, 2.05) is 13.8 Å². The molecule has 22 heavy (non-hydrogen) atoms. The Morgan fingerprint density at radius 3 is 2.91 bits per heavy atom. The van der Waals surface area contributed by atoms with Crippen molar-refractivity contribution in [2.45, 2.75) is 20.5 Å². The van der Waals surface area contributed by atoms with E-state index in [1.165, 1.54) is 23.5 Å². The highest BCUT2D eigenvalue weighted by atomic mass is 79.9. The summed E-state index contributed by atoms with van der Waals surface area (Å²) in [6, 6.07) is 4.53. The first-order valence-electron chi connectivity index (χ1n) is 6.52. The van der Waals surface area contributed by atoms with E-state index in [2.05, 4.69) is 25.9 Å². The van der Waals surface area contributed by atoms with Crippen molar-refractivity contribution >= 4 is 37.5 Å². The lowest BCUT2D eigenvalue weighted by atomic mass is 10.2. The Labute approximate surface area is 138 Å². The Hall–Kier alpha value is -1.73. The summed E-state index contributed by atoms with van der Waals surface area (Å²) < 4.78 is 19.7. The summed E-state index contributed by atoms with van der Waals surface area (Å²) in [5.41, 5.74) is 0.752. The Morgan fingerprint density at radius 1 is 1.41 bits per heavy atom. The second-order valence-electron chi connectivity index (χ2n) is 4.84. The van der Waals surface area contributed by atoms with Gasteiger partial charge in [-0.05, 0) is 37.6 Å². The van der Waals surface area contributed by atoms with Crippen LogP contribution in [0.25, 0.3) is 10.2 Å². The van der Waals surface area contributed by atoms with Crippen LogP contribution in [-0.4, -0.2) is 9.97 Å². The SMILES string of the molecule is Cc1sc2nc(COc3ccc(Br)cc3F)[nH]c(=O)c2c1C. The van der Waals surface area contributed by atoms with Crippen molar-refractivity contribution in [2.24, 2.45) is 0 Å². The number of nitrogens with one attached hydrogen (secondary N) is 1. The number of hydrogen-bond donors (Lipinski definition) is 1. The van der Waals surface area contributed by atoms with Crippen LogP contribution in [0.15, 0.2) is 27.5 Å². The van der Waals surface area contributed by atoms with Crippen molar-refractivity contribution in [1.29, 1.82) is 0 Å². The fourth-order valence-corrected chi connectivity index (χ4v) is 3.49. The molecule has 0 spiro atoms. The van der Waals surface area contributed by atoms with Crippen molar-refractivity contribution in [3.8, 4) is 5.75 Å². The molecule has 0 saturated carbocycles. The normalized spacial score (nSPS) is 11.1. The maximum Gasteiger partial charge on any atom is 0.260 e. The quantitative estimate of drug-likeness (QED) is 0.742. The van der Waals surface area contributed by atoms with Crippen molar-refractivity contribution in [2.75, 3.05) is 0 Å². The minimum absolute atomic E-state index is 0.000270. The molecule has 3 rings (SSSR count). The zero-order valence-electron chi connectivity index (χ0n) is 11.9. The van der Waals surface area contributed by atoms with Crippen LogP contribution in [0.3, 0.4) is 0 Å². The molecule has 2 heterocycles. The Kier molecular flexibility index (Phi) is 4.01. The van der Waals surface area contributed by atoms with Gasteiger partial charge in [0, 0.05) is 9.35 Å². The molecule has 0 radical (unpaired) electrons. The predicted octanol–water partition coefficient (Wildman–Crippen LogP) is 4.08. The molecule has 0 aliphatic heterocycles. The van der Waals surface area contributed by atoms with Crippen LogP contribution in [0.2, 0.25) is 0 Å². The van der Waals surface area contributed by atoms with Gasteiger partial charge in [0.25, 0.3) is 5.56 Å². The third-order valence-electron chi connectivity index (χ3n) is 3.35. The number of aromatic amines is 1. The van der Waals surface area contributed by atoms with Crippen molar-refractivity contribution in [3.05, 3.63) is 55.1 Å². The fraction of sp³-hybridized carbons (Fsp3) is 0.200. The van der Waals surface area contributed by atoms with Crippen LogP contribution in [0.4, 0.5) is 4.39 Å². The first-order chi connectivity index (χ1) is 10.5. The van der Waals surface area contributed by atoms with Gasteiger partial charge in [-0.15, -0.1) is 11.3 Å². The summed E-state index contributed by atoms with van der Waals surface area (Å²) in [5, 5.41) is 0.612. The van der Waals surface area contributed by atoms with E-state index in [4.69, 9.17) is 4.74 Å². The van der Waals surface area contributed by atoms with Crippen LogP contribution in [0.5, 0.6) is 5.75 Å². The lowest BCUT2D eigenvalue weighted by Crippen LogP contribution is -2.13. The maximum absolute atomic E-state index is 13.7. The van der Waals surface area contributed by atoms with Crippen LogP contribution in [0.1, 0.15) is 16.3 Å². The van der Waals surface area contributed by atoms with Gasteiger partial charge in [-0.2, -0.15) is 0 Å². The third-order valence-corrected chi connectivity index (χ3v) is 4.94. The molecule has 2 aromatic heterocycles. The van der Waals surface area contributed by atoms with Gasteiger partial charge in [0.15, 0.2) is 11.6 Å². The van der Waals surface area contributed by atoms with E-state index in [0.29, 0.717) is 20.5 Å². The number of hydrogen-bond acceptors (Lipinski definition) is 4. The average Bonchev–Trinajstić information content (AvgIpc) is 2.73. The molecule has 0 aliphatic carbocycles. The van der Waals surface area contributed by atoms with Crippen molar-refractivity contribution in [1.82, 2.24) is 9.97 Å². The molecular formula is C15H12BrFN2O2S. The fourth-order valence-electron chi connectivity index (χ4n) is 2.11. The molecule has 0 amide bonds. The topological polar surface area (TPSA) is 55.0 Å². The molecule has 114 valence electrons. The Morgan fingerprint density at radius 2 is 2.18 bits per heavy atom. The number of benzene rings is 1. The molecule has 4 nitrogen and oxygen atoms in total. The lowest BCUT2D eigenvalue weighted by molar-refractivity contribution is 0.281. The van der Waals surface area contributed by atoms with Gasteiger partial charge < -0.3 is 9.72 Å². The molecule has 3 aromatic rings. The summed E-state index contributed by atoms with van der Waals surface area (Å²) in [5.74, 6) is 0.0196. The highest BCUT2D eigenvalue weighted by Crippen LogP contribution is 2.26. The number of aromatic nitrogens is 2. The van der Waals surface area contributed by atoms with Crippen molar-refractivity contribution in [3.63, 3.8) is 0 Å². The van der Waals surface area contributed by atoms with E-state index in [-0.39, 0.29) is 17.9 Å². The molecule has 0 fully saturated rings. The molecular weight excluding hydrogens is 371 g/mol. The van der Waals surface area contributed by atoms with Gasteiger partial charge in [0.2, 0.25) is 0 Å². The van der Waals surface area contributed by atoms with Gasteiger partial charge in [-0.1, -0.05) is 15.9 Å². The summed E-state index contributed by atoms with van der Waals surface area (Å²) in [6.45, 7) is 3.85. The van der Waals surface area contributed by atoms with E-state index < -0.39 is 5.82 Å². The zero-order chi connectivity index (χ0) is 15.9. The van der Waals surface area contributed by atoms with Gasteiger partial charge in [-0.3, -0.25) is 4.79 Å². The lowest BCUT2D eigenvalue weighted by Gasteiger charge is -2.07. The van der Waals surface area contributed by atoms with Crippen LogP contribution in [0, 0.1) is 19.7 Å². The number of fused-ring (bicyclic) bond motifs is 1. The molecule has 1 aromatic carbocycles. The van der Waals surface area contributed by atoms with Crippen LogP contribution >= 0.6 is 27.3 Å². The Bertz CT molecular complexity index is 920. The predicted molar refractivity (Wildman–Crippen MR) is 88.1 cm³/mol. The standard InChI is InChI=1S/C15H12BrFN2O2S/c1-7-8(2)22-15-13(7)14(20)18-12(19-15)6-21-11-4-3-9(16)5-10(11)17/h3-5H,6H2,1-2H3,(H,18,19,20). The van der Waals surface area contributed by atoms with Gasteiger partial charge in [-0.25, -0.2) is 9.37 Å². The number of thiophene rings is 1. The van der Waals surface area contributed by atoms with Crippen LogP contribution < -0.4 is 10.3 Å². The summed E-state index contributed by atoms with van der Waals surface area (Å²) >= 11 is 4.65. The highest BCUT2D eigenvalue weighted by molar-refractivity contribution is 9.10. The monoisotopic (exact) mass is 382 g/mol. The second-order valence-corrected chi connectivity index (χ2v) is 6.96. The average molecular weight is 383 g/mol. The zero-order valence-corrected chi connectivity index (χ0v) is 14.3. The van der Waals surface area contributed by atoms with E-state index in [0.717, 1.165) is 10.4 Å². The number of halogens is 2. The van der Waals surface area contributed by atoms with E-state index in [1.54, 1.807) is 6.07 Å². The Balaban J connectivity index is 1.90. The number of H-pyrrole nitrogens is 1. The number of ether oxygens (including phenoxy) is 1. The van der Waals surface area contributed by atoms with Crippen LogP contribution in [-0.2, 0) is 6.61 Å². The second kappa shape index (κ2) is 5.81. The first-order valence-corrected chi connectivity index (χ1v) is 8.13. The molecule has 1 N–H and O–H groups in total. The summed E-state index contributed by atoms with van der Waals surface area (Å²) in [7, 11) is 0. The molecule has 7 heteroatoms. The summed E-state index contributed by atoms with van der Waals surface area (Å²) in [6.07, 6.45) is 0. The summed E-state index contributed by atoms with van der Waals surface area (Å²) in [4.78, 5) is 20.9. The molecule has 0 aliphatic rings. The van der Waals surface area contributed by atoms with E-state index >= 15 is 0 Å². The third kappa shape index (κ3) is 2.78. The highest BCUT2D eigenvalue weighted by Gasteiger charge is 2.12. The van der Waals surface area contributed by atoms with Gasteiger partial charge in [0.1, 0.15) is 17.3 Å². The smallest absolute Gasteiger partial charge is 0.260 e. The molecule has 0 bridgehead atoms. The van der Waals surface area contributed by atoms with E-state index in [9.17, 15) is 9.18 Å². The number of rotatable bonds is 3. The minimum Gasteiger partial charge on any atom is -0.483 e. The molecule has 0 saturated heterocycles.